The Labute approximate surface area is 136 Å². The molecule has 120 valence electrons. The van der Waals surface area contributed by atoms with E-state index in [0.29, 0.717) is 11.6 Å². The molecule has 1 aromatic carbocycles. The van der Waals surface area contributed by atoms with Crippen LogP contribution in [0.15, 0.2) is 30.4 Å². The predicted molar refractivity (Wildman–Crippen MR) is 96.9 cm³/mol. The van der Waals surface area contributed by atoms with Crippen molar-refractivity contribution < 1.29 is 4.74 Å². The summed E-state index contributed by atoms with van der Waals surface area (Å²) in [7, 11) is 1.64. The summed E-state index contributed by atoms with van der Waals surface area (Å²) in [5.74, 6) is 1.66. The third kappa shape index (κ3) is 4.10. The van der Waals surface area contributed by atoms with Crippen molar-refractivity contribution in [2.45, 2.75) is 20.8 Å². The van der Waals surface area contributed by atoms with Crippen LogP contribution in [0.4, 0.5) is 17.3 Å². The normalized spacial score (nSPS) is 11.3. The van der Waals surface area contributed by atoms with Crippen LogP contribution in [0, 0.1) is 6.92 Å². The van der Waals surface area contributed by atoms with Gasteiger partial charge in [-0.1, -0.05) is 12.2 Å². The van der Waals surface area contributed by atoms with E-state index in [1.165, 1.54) is 0 Å². The standard InChI is InChI=1S/C18H22N4O/c1-5-7-15-16(8-6-2)22-18(17(19)21-15)20-13-9-12(3)10-14(11-13)23-4/h5-11H,1-4H3,(H2,19,21)(H,20,22)/b7-5-,8-6-. The maximum Gasteiger partial charge on any atom is 0.174 e. The maximum atomic E-state index is 6.05. The molecule has 1 aromatic heterocycles. The molecule has 0 amide bonds. The molecule has 0 aliphatic rings. The maximum absolute atomic E-state index is 6.05. The molecule has 0 aliphatic carbocycles. The second-order valence-corrected chi connectivity index (χ2v) is 5.09. The van der Waals surface area contributed by atoms with Crippen molar-refractivity contribution in [3.8, 4) is 5.75 Å². The van der Waals surface area contributed by atoms with Gasteiger partial charge in [0.2, 0.25) is 0 Å². The zero-order valence-electron chi connectivity index (χ0n) is 13.9. The van der Waals surface area contributed by atoms with E-state index in [2.05, 4.69) is 15.3 Å². The van der Waals surface area contributed by atoms with Crippen LogP contribution in [0.2, 0.25) is 0 Å². The molecule has 2 aromatic rings. The lowest BCUT2D eigenvalue weighted by molar-refractivity contribution is 0.414. The molecular formula is C18H22N4O. The van der Waals surface area contributed by atoms with E-state index in [4.69, 9.17) is 10.5 Å². The van der Waals surface area contributed by atoms with Gasteiger partial charge >= 0.3 is 0 Å². The number of nitrogens with zero attached hydrogens (tertiary/aromatic N) is 2. The SMILES string of the molecule is C/C=C\c1nc(N)c(Nc2cc(C)cc(OC)c2)nc1/C=C\C. The number of ether oxygens (including phenoxy) is 1. The van der Waals surface area contributed by atoms with Gasteiger partial charge in [-0.2, -0.15) is 0 Å². The number of hydrogen-bond donors (Lipinski definition) is 2. The van der Waals surface area contributed by atoms with Gasteiger partial charge in [0.25, 0.3) is 0 Å². The van der Waals surface area contributed by atoms with Crippen LogP contribution in [0.5, 0.6) is 5.75 Å². The fourth-order valence-corrected chi connectivity index (χ4v) is 2.20. The van der Waals surface area contributed by atoms with Gasteiger partial charge in [-0.15, -0.1) is 0 Å². The van der Waals surface area contributed by atoms with Crippen LogP contribution in [-0.4, -0.2) is 17.1 Å². The zero-order valence-corrected chi connectivity index (χ0v) is 13.9. The monoisotopic (exact) mass is 310 g/mol. The lowest BCUT2D eigenvalue weighted by Crippen LogP contribution is -2.05. The Morgan fingerprint density at radius 3 is 2.30 bits per heavy atom. The summed E-state index contributed by atoms with van der Waals surface area (Å²) in [5, 5.41) is 3.22. The fraction of sp³-hybridized carbons (Fsp3) is 0.222. The molecule has 0 bridgehead atoms. The van der Waals surface area contributed by atoms with Crippen molar-refractivity contribution in [1.29, 1.82) is 0 Å². The summed E-state index contributed by atoms with van der Waals surface area (Å²) in [5.41, 5.74) is 9.50. The largest absolute Gasteiger partial charge is 0.497 e. The van der Waals surface area contributed by atoms with E-state index in [1.807, 2.05) is 63.3 Å². The highest BCUT2D eigenvalue weighted by molar-refractivity contribution is 5.71. The Hall–Kier alpha value is -2.82. The molecule has 0 fully saturated rings. The van der Waals surface area contributed by atoms with Gasteiger partial charge in [0.15, 0.2) is 11.6 Å². The van der Waals surface area contributed by atoms with Gasteiger partial charge in [-0.25, -0.2) is 9.97 Å². The minimum absolute atomic E-state index is 0.354. The van der Waals surface area contributed by atoms with Crippen LogP contribution in [-0.2, 0) is 0 Å². The van der Waals surface area contributed by atoms with Crippen molar-refractivity contribution in [2.24, 2.45) is 0 Å². The quantitative estimate of drug-likeness (QED) is 0.866. The Bertz CT molecular complexity index is 751. The van der Waals surface area contributed by atoms with Crippen LogP contribution in [0.3, 0.4) is 0 Å². The van der Waals surface area contributed by atoms with E-state index in [1.54, 1.807) is 7.11 Å². The predicted octanol–water partition coefficient (Wildman–Crippen LogP) is 4.19. The summed E-state index contributed by atoms with van der Waals surface area (Å²) in [6, 6.07) is 5.85. The minimum atomic E-state index is 0.354. The fourth-order valence-electron chi connectivity index (χ4n) is 2.20. The summed E-state index contributed by atoms with van der Waals surface area (Å²) in [6.45, 7) is 5.88. The number of anilines is 3. The Balaban J connectivity index is 2.43. The van der Waals surface area contributed by atoms with E-state index >= 15 is 0 Å². The molecule has 5 nitrogen and oxygen atoms in total. The first-order chi connectivity index (χ1) is 11.1. The van der Waals surface area contributed by atoms with E-state index in [0.717, 1.165) is 28.4 Å². The lowest BCUT2D eigenvalue weighted by Gasteiger charge is -2.12. The van der Waals surface area contributed by atoms with E-state index < -0.39 is 0 Å². The van der Waals surface area contributed by atoms with E-state index in [-0.39, 0.29) is 0 Å². The highest BCUT2D eigenvalue weighted by Crippen LogP contribution is 2.26. The van der Waals surface area contributed by atoms with Crippen LogP contribution in [0.1, 0.15) is 30.8 Å². The van der Waals surface area contributed by atoms with Gasteiger partial charge < -0.3 is 15.8 Å². The van der Waals surface area contributed by atoms with Gasteiger partial charge in [0, 0.05) is 11.8 Å². The number of nitrogens with one attached hydrogen (secondary N) is 1. The first kappa shape index (κ1) is 16.5. The summed E-state index contributed by atoms with van der Waals surface area (Å²) in [6.07, 6.45) is 7.63. The number of rotatable bonds is 5. The number of methoxy groups -OCH3 is 1. The number of aromatic nitrogens is 2. The second kappa shape index (κ2) is 7.45. The molecule has 3 N–H and O–H groups in total. The molecule has 0 atom stereocenters. The highest BCUT2D eigenvalue weighted by Gasteiger charge is 2.09. The van der Waals surface area contributed by atoms with Crippen molar-refractivity contribution in [3.05, 3.63) is 47.3 Å². The molecule has 2 rings (SSSR count). The first-order valence-electron chi connectivity index (χ1n) is 7.43. The molecule has 23 heavy (non-hydrogen) atoms. The number of nitrogens with two attached hydrogens (primary N) is 1. The van der Waals surface area contributed by atoms with Crippen molar-refractivity contribution >= 4 is 29.5 Å². The average molecular weight is 310 g/mol. The van der Waals surface area contributed by atoms with Gasteiger partial charge in [-0.3, -0.25) is 0 Å². The highest BCUT2D eigenvalue weighted by atomic mass is 16.5. The molecule has 0 radical (unpaired) electrons. The van der Waals surface area contributed by atoms with Gasteiger partial charge in [0.1, 0.15) is 5.75 Å². The van der Waals surface area contributed by atoms with Crippen LogP contribution < -0.4 is 15.8 Å². The molecule has 0 saturated heterocycles. The van der Waals surface area contributed by atoms with Crippen LogP contribution in [0.25, 0.3) is 12.2 Å². The number of nitrogen functional groups attached to an aromatic ring is 1. The molecular weight excluding hydrogens is 288 g/mol. The van der Waals surface area contributed by atoms with E-state index in [9.17, 15) is 0 Å². The number of benzene rings is 1. The topological polar surface area (TPSA) is 73.1 Å². The van der Waals surface area contributed by atoms with Gasteiger partial charge in [0.05, 0.1) is 18.5 Å². The summed E-state index contributed by atoms with van der Waals surface area (Å²) < 4.78 is 5.29. The first-order valence-corrected chi connectivity index (χ1v) is 7.43. The van der Waals surface area contributed by atoms with Crippen molar-refractivity contribution in [3.63, 3.8) is 0 Å². The molecule has 0 aliphatic heterocycles. The Morgan fingerprint density at radius 1 is 1.04 bits per heavy atom. The number of hydrogen-bond acceptors (Lipinski definition) is 5. The molecule has 5 heteroatoms. The second-order valence-electron chi connectivity index (χ2n) is 5.09. The van der Waals surface area contributed by atoms with Crippen molar-refractivity contribution in [2.75, 3.05) is 18.2 Å². The Kier molecular flexibility index (Phi) is 5.36. The molecule has 0 unspecified atom stereocenters. The average Bonchev–Trinajstić information content (AvgIpc) is 2.51. The summed E-state index contributed by atoms with van der Waals surface area (Å²) in [4.78, 5) is 9.01. The molecule has 1 heterocycles. The third-order valence-electron chi connectivity index (χ3n) is 3.18. The van der Waals surface area contributed by atoms with Crippen molar-refractivity contribution in [1.82, 2.24) is 9.97 Å². The third-order valence-corrected chi connectivity index (χ3v) is 3.18. The molecule has 0 saturated carbocycles. The lowest BCUT2D eigenvalue weighted by atomic mass is 10.2. The van der Waals surface area contributed by atoms with Gasteiger partial charge in [-0.05, 0) is 50.6 Å². The minimum Gasteiger partial charge on any atom is -0.497 e. The summed E-state index contributed by atoms with van der Waals surface area (Å²) >= 11 is 0. The number of allylic oxidation sites excluding steroid dienone is 2. The van der Waals surface area contributed by atoms with Crippen LogP contribution >= 0.6 is 0 Å². The molecule has 0 spiro atoms. The number of aryl methyl sites for hydroxylation is 1. The smallest absolute Gasteiger partial charge is 0.174 e. The Morgan fingerprint density at radius 2 is 1.70 bits per heavy atom. The zero-order chi connectivity index (χ0) is 16.8.